The highest BCUT2D eigenvalue weighted by Gasteiger charge is 2.16. The SMILES string of the molecule is CCc1nn(C)cc1C(=O)Nc1cccc(F)c1C#N. The van der Waals surface area contributed by atoms with Crippen molar-refractivity contribution in [2.45, 2.75) is 13.3 Å². The predicted octanol–water partition coefficient (Wildman–Crippen LogP) is 2.25. The highest BCUT2D eigenvalue weighted by atomic mass is 19.1. The summed E-state index contributed by atoms with van der Waals surface area (Å²) in [6.07, 6.45) is 2.21. The zero-order valence-electron chi connectivity index (χ0n) is 11.1. The molecule has 1 heterocycles. The van der Waals surface area contributed by atoms with Gasteiger partial charge >= 0.3 is 0 Å². The van der Waals surface area contributed by atoms with Gasteiger partial charge in [-0.1, -0.05) is 13.0 Å². The molecule has 0 saturated carbocycles. The molecule has 1 N–H and O–H groups in total. The Morgan fingerprint density at radius 2 is 2.30 bits per heavy atom. The Bertz CT molecular complexity index is 700. The minimum atomic E-state index is -0.660. The van der Waals surface area contributed by atoms with E-state index in [0.717, 1.165) is 0 Å². The Kier molecular flexibility index (Phi) is 3.80. The number of nitrogens with one attached hydrogen (secondary N) is 1. The first-order chi connectivity index (χ1) is 9.56. The molecule has 20 heavy (non-hydrogen) atoms. The topological polar surface area (TPSA) is 70.7 Å². The van der Waals surface area contributed by atoms with Crippen LogP contribution in [0.4, 0.5) is 10.1 Å². The molecule has 0 radical (unpaired) electrons. The van der Waals surface area contributed by atoms with Gasteiger partial charge in [0.1, 0.15) is 17.4 Å². The van der Waals surface area contributed by atoms with E-state index in [4.69, 9.17) is 5.26 Å². The van der Waals surface area contributed by atoms with Crippen LogP contribution in [0, 0.1) is 17.1 Å². The van der Waals surface area contributed by atoms with Gasteiger partial charge in [-0.3, -0.25) is 9.48 Å². The number of aryl methyl sites for hydroxylation is 2. The number of nitriles is 1. The van der Waals surface area contributed by atoms with E-state index in [1.54, 1.807) is 24.0 Å². The number of anilines is 1. The van der Waals surface area contributed by atoms with Gasteiger partial charge in [0.15, 0.2) is 0 Å². The van der Waals surface area contributed by atoms with Crippen LogP contribution < -0.4 is 5.32 Å². The number of carbonyl (C=O) groups excluding carboxylic acids is 1. The molecule has 0 atom stereocenters. The van der Waals surface area contributed by atoms with Crippen molar-refractivity contribution in [3.63, 3.8) is 0 Å². The van der Waals surface area contributed by atoms with E-state index >= 15 is 0 Å². The fraction of sp³-hybridized carbons (Fsp3) is 0.214. The van der Waals surface area contributed by atoms with Gasteiger partial charge in [0.05, 0.1) is 16.9 Å². The Morgan fingerprint density at radius 3 is 2.95 bits per heavy atom. The molecule has 0 aliphatic heterocycles. The summed E-state index contributed by atoms with van der Waals surface area (Å²) in [7, 11) is 1.72. The first-order valence-corrected chi connectivity index (χ1v) is 6.09. The number of nitrogens with zero attached hydrogens (tertiary/aromatic N) is 3. The molecule has 1 aromatic carbocycles. The molecule has 2 rings (SSSR count). The van der Waals surface area contributed by atoms with Gasteiger partial charge in [-0.25, -0.2) is 4.39 Å². The van der Waals surface area contributed by atoms with Crippen molar-refractivity contribution in [3.05, 3.63) is 47.0 Å². The second-order valence-electron chi connectivity index (χ2n) is 4.25. The lowest BCUT2D eigenvalue weighted by molar-refractivity contribution is 0.102. The van der Waals surface area contributed by atoms with Gasteiger partial charge in [0.2, 0.25) is 0 Å². The van der Waals surface area contributed by atoms with Crippen LogP contribution in [0.15, 0.2) is 24.4 Å². The molecule has 1 aromatic heterocycles. The lowest BCUT2D eigenvalue weighted by Crippen LogP contribution is -2.14. The largest absolute Gasteiger partial charge is 0.321 e. The highest BCUT2D eigenvalue weighted by Crippen LogP contribution is 2.19. The average molecular weight is 272 g/mol. The third-order valence-electron chi connectivity index (χ3n) is 2.86. The number of carbonyl (C=O) groups is 1. The van der Waals surface area contributed by atoms with Crippen LogP contribution in [-0.4, -0.2) is 15.7 Å². The predicted molar refractivity (Wildman–Crippen MR) is 71.7 cm³/mol. The maximum atomic E-state index is 13.5. The molecule has 2 aromatic rings. The third-order valence-corrected chi connectivity index (χ3v) is 2.86. The summed E-state index contributed by atoms with van der Waals surface area (Å²) < 4.78 is 15.0. The summed E-state index contributed by atoms with van der Waals surface area (Å²) in [5.74, 6) is -1.07. The van der Waals surface area contributed by atoms with Crippen molar-refractivity contribution in [1.82, 2.24) is 9.78 Å². The van der Waals surface area contributed by atoms with Crippen molar-refractivity contribution in [2.24, 2.45) is 7.05 Å². The van der Waals surface area contributed by atoms with Gasteiger partial charge in [0, 0.05) is 13.2 Å². The van der Waals surface area contributed by atoms with Crippen LogP contribution in [0.25, 0.3) is 0 Å². The smallest absolute Gasteiger partial charge is 0.259 e. The first-order valence-electron chi connectivity index (χ1n) is 6.09. The van der Waals surface area contributed by atoms with Crippen molar-refractivity contribution < 1.29 is 9.18 Å². The molecule has 6 heteroatoms. The zero-order valence-corrected chi connectivity index (χ0v) is 11.1. The normalized spacial score (nSPS) is 10.1. The standard InChI is InChI=1S/C14H13FN4O/c1-3-12-10(8-19(2)18-12)14(20)17-13-6-4-5-11(15)9(13)7-16/h4-6,8H,3H2,1-2H3,(H,17,20). The van der Waals surface area contributed by atoms with E-state index in [2.05, 4.69) is 10.4 Å². The van der Waals surface area contributed by atoms with Gasteiger partial charge in [-0.05, 0) is 18.6 Å². The molecule has 0 aliphatic rings. The van der Waals surface area contributed by atoms with Crippen molar-refractivity contribution in [3.8, 4) is 6.07 Å². The number of hydrogen-bond acceptors (Lipinski definition) is 3. The molecule has 0 unspecified atom stereocenters. The number of benzene rings is 1. The van der Waals surface area contributed by atoms with Crippen molar-refractivity contribution in [2.75, 3.05) is 5.32 Å². The number of halogens is 1. The Morgan fingerprint density at radius 1 is 1.55 bits per heavy atom. The highest BCUT2D eigenvalue weighted by molar-refractivity contribution is 6.05. The minimum absolute atomic E-state index is 0.156. The second kappa shape index (κ2) is 5.53. The lowest BCUT2D eigenvalue weighted by atomic mass is 10.1. The fourth-order valence-electron chi connectivity index (χ4n) is 1.92. The minimum Gasteiger partial charge on any atom is -0.321 e. The summed E-state index contributed by atoms with van der Waals surface area (Å²) in [6, 6.07) is 5.85. The zero-order chi connectivity index (χ0) is 14.7. The Hall–Kier alpha value is -2.68. The van der Waals surface area contributed by atoms with Crippen LogP contribution in [0.2, 0.25) is 0 Å². The lowest BCUT2D eigenvalue weighted by Gasteiger charge is -2.07. The molecule has 1 amide bonds. The van der Waals surface area contributed by atoms with Crippen molar-refractivity contribution in [1.29, 1.82) is 5.26 Å². The second-order valence-corrected chi connectivity index (χ2v) is 4.25. The van der Waals surface area contributed by atoms with Crippen LogP contribution in [-0.2, 0) is 13.5 Å². The van der Waals surface area contributed by atoms with Crippen LogP contribution >= 0.6 is 0 Å². The summed E-state index contributed by atoms with van der Waals surface area (Å²) in [6.45, 7) is 1.89. The molecule has 0 fully saturated rings. The number of aromatic nitrogens is 2. The molecule has 102 valence electrons. The maximum Gasteiger partial charge on any atom is 0.259 e. The first kappa shape index (κ1) is 13.7. The molecule has 5 nitrogen and oxygen atoms in total. The van der Waals surface area contributed by atoms with Gasteiger partial charge in [0.25, 0.3) is 5.91 Å². The van der Waals surface area contributed by atoms with E-state index in [9.17, 15) is 9.18 Å². The van der Waals surface area contributed by atoms with E-state index in [1.165, 1.54) is 18.2 Å². The van der Waals surface area contributed by atoms with Crippen LogP contribution in [0.1, 0.15) is 28.5 Å². The summed E-state index contributed by atoms with van der Waals surface area (Å²) in [5, 5.41) is 15.7. The van der Waals surface area contributed by atoms with Gasteiger partial charge in [-0.15, -0.1) is 0 Å². The fourth-order valence-corrected chi connectivity index (χ4v) is 1.92. The maximum absolute atomic E-state index is 13.5. The van der Waals surface area contributed by atoms with E-state index in [-0.39, 0.29) is 11.3 Å². The molecular weight excluding hydrogens is 259 g/mol. The van der Waals surface area contributed by atoms with Crippen molar-refractivity contribution >= 4 is 11.6 Å². The van der Waals surface area contributed by atoms with E-state index in [1.807, 2.05) is 6.92 Å². The molecule has 0 saturated heterocycles. The number of amides is 1. The monoisotopic (exact) mass is 272 g/mol. The summed E-state index contributed by atoms with van der Waals surface area (Å²) >= 11 is 0. The molecular formula is C14H13FN4O. The van der Waals surface area contributed by atoms with Crippen LogP contribution in [0.3, 0.4) is 0 Å². The number of hydrogen-bond donors (Lipinski definition) is 1. The summed E-state index contributed by atoms with van der Waals surface area (Å²) in [5.41, 5.74) is 1.05. The molecule has 0 aliphatic carbocycles. The quantitative estimate of drug-likeness (QED) is 0.931. The summed E-state index contributed by atoms with van der Waals surface area (Å²) in [4.78, 5) is 12.2. The van der Waals surface area contributed by atoms with Gasteiger partial charge < -0.3 is 5.32 Å². The molecule has 0 bridgehead atoms. The van der Waals surface area contributed by atoms with E-state index in [0.29, 0.717) is 17.7 Å². The van der Waals surface area contributed by atoms with E-state index < -0.39 is 11.7 Å². The third kappa shape index (κ3) is 2.52. The van der Waals surface area contributed by atoms with Gasteiger partial charge in [-0.2, -0.15) is 10.4 Å². The number of rotatable bonds is 3. The van der Waals surface area contributed by atoms with Crippen LogP contribution in [0.5, 0.6) is 0 Å². The molecule has 0 spiro atoms. The average Bonchev–Trinajstić information content (AvgIpc) is 2.80. The Labute approximate surface area is 115 Å². The Balaban J connectivity index is 2.33.